The molecule has 7 heteroatoms. The lowest BCUT2D eigenvalue weighted by Gasteiger charge is -2.11. The summed E-state index contributed by atoms with van der Waals surface area (Å²) < 4.78 is 6.40. The number of thiophene rings is 1. The van der Waals surface area contributed by atoms with Gasteiger partial charge in [-0.05, 0) is 41.6 Å². The Morgan fingerprint density at radius 3 is 2.53 bits per heavy atom. The van der Waals surface area contributed by atoms with E-state index in [1.807, 2.05) is 60.0 Å². The molecule has 1 N–H and O–H groups in total. The standard InChI is InChI=1S/C23H21N3O3S/c1-29-17-10-8-16(9-11-17)12-13-24-21(27)15-26-23(28)19-6-3-2-5-18(19)22(25-26)20-7-4-14-30-20/h2-11,14H,12-13,15H2,1H3,(H,24,27). The molecule has 0 atom stereocenters. The number of aromatic nitrogens is 2. The Bertz CT molecular complexity index is 1210. The number of carbonyl (C=O) groups is 1. The van der Waals surface area contributed by atoms with Crippen LogP contribution in [0.4, 0.5) is 0 Å². The van der Waals surface area contributed by atoms with Gasteiger partial charge in [-0.15, -0.1) is 11.3 Å². The molecule has 4 aromatic rings. The minimum absolute atomic E-state index is 0.120. The van der Waals surface area contributed by atoms with Gasteiger partial charge >= 0.3 is 0 Å². The summed E-state index contributed by atoms with van der Waals surface area (Å²) in [6, 6.07) is 19.0. The lowest BCUT2D eigenvalue weighted by molar-refractivity contribution is -0.121. The monoisotopic (exact) mass is 419 g/mol. The maximum atomic E-state index is 12.9. The Kier molecular flexibility index (Phi) is 5.90. The summed E-state index contributed by atoms with van der Waals surface area (Å²) in [6.07, 6.45) is 0.691. The van der Waals surface area contributed by atoms with Gasteiger partial charge in [0.1, 0.15) is 18.0 Å². The maximum absolute atomic E-state index is 12.9. The number of nitrogens with zero attached hydrogens (tertiary/aromatic N) is 2. The van der Waals surface area contributed by atoms with E-state index in [2.05, 4.69) is 10.4 Å². The second-order valence-electron chi connectivity index (χ2n) is 6.78. The van der Waals surface area contributed by atoms with Gasteiger partial charge in [0.25, 0.3) is 5.56 Å². The summed E-state index contributed by atoms with van der Waals surface area (Å²) >= 11 is 1.55. The van der Waals surface area contributed by atoms with Crippen LogP contribution in [0, 0.1) is 0 Å². The first-order valence-electron chi connectivity index (χ1n) is 9.59. The van der Waals surface area contributed by atoms with Crippen molar-refractivity contribution >= 4 is 28.0 Å². The minimum atomic E-state index is -0.267. The van der Waals surface area contributed by atoms with Gasteiger partial charge in [-0.1, -0.05) is 36.4 Å². The van der Waals surface area contributed by atoms with Crippen molar-refractivity contribution < 1.29 is 9.53 Å². The maximum Gasteiger partial charge on any atom is 0.275 e. The lowest BCUT2D eigenvalue weighted by atomic mass is 10.1. The fourth-order valence-corrected chi connectivity index (χ4v) is 3.99. The van der Waals surface area contributed by atoms with E-state index in [1.54, 1.807) is 24.5 Å². The highest BCUT2D eigenvalue weighted by Gasteiger charge is 2.14. The SMILES string of the molecule is COc1ccc(CCNC(=O)Cn2nc(-c3cccs3)c3ccccc3c2=O)cc1. The van der Waals surface area contributed by atoms with Gasteiger partial charge in [0, 0.05) is 11.9 Å². The van der Waals surface area contributed by atoms with Crippen LogP contribution in [-0.4, -0.2) is 29.3 Å². The minimum Gasteiger partial charge on any atom is -0.497 e. The molecule has 0 radical (unpaired) electrons. The number of nitrogens with one attached hydrogen (secondary N) is 1. The van der Waals surface area contributed by atoms with Crippen LogP contribution in [0.3, 0.4) is 0 Å². The van der Waals surface area contributed by atoms with E-state index in [9.17, 15) is 9.59 Å². The molecule has 4 rings (SSSR count). The normalized spacial score (nSPS) is 10.8. The third kappa shape index (κ3) is 4.26. The van der Waals surface area contributed by atoms with E-state index in [0.717, 1.165) is 21.6 Å². The lowest BCUT2D eigenvalue weighted by Crippen LogP contribution is -2.34. The molecular formula is C23H21N3O3S. The van der Waals surface area contributed by atoms with Crippen LogP contribution in [0.25, 0.3) is 21.3 Å². The van der Waals surface area contributed by atoms with Crippen molar-refractivity contribution in [3.63, 3.8) is 0 Å². The average Bonchev–Trinajstić information content (AvgIpc) is 3.31. The molecule has 30 heavy (non-hydrogen) atoms. The predicted octanol–water partition coefficient (Wildman–Crippen LogP) is 3.49. The fraction of sp³-hybridized carbons (Fsp3) is 0.174. The predicted molar refractivity (Wildman–Crippen MR) is 119 cm³/mol. The van der Waals surface area contributed by atoms with Gasteiger partial charge in [-0.3, -0.25) is 9.59 Å². The highest BCUT2D eigenvalue weighted by molar-refractivity contribution is 7.13. The largest absolute Gasteiger partial charge is 0.497 e. The van der Waals surface area contributed by atoms with E-state index >= 15 is 0 Å². The van der Waals surface area contributed by atoms with Gasteiger partial charge in [0.05, 0.1) is 17.4 Å². The Balaban J connectivity index is 1.49. The van der Waals surface area contributed by atoms with Gasteiger partial charge in [0.15, 0.2) is 0 Å². The van der Waals surface area contributed by atoms with E-state index in [1.165, 1.54) is 4.68 Å². The quantitative estimate of drug-likeness (QED) is 0.498. The van der Waals surface area contributed by atoms with Gasteiger partial charge in [-0.25, -0.2) is 4.68 Å². The molecule has 0 bridgehead atoms. The number of benzene rings is 2. The van der Waals surface area contributed by atoms with Gasteiger partial charge in [-0.2, -0.15) is 5.10 Å². The topological polar surface area (TPSA) is 73.2 Å². The van der Waals surface area contributed by atoms with Crippen LogP contribution in [-0.2, 0) is 17.8 Å². The molecule has 0 spiro atoms. The highest BCUT2D eigenvalue weighted by atomic mass is 32.1. The van der Waals surface area contributed by atoms with Crippen molar-refractivity contribution in [2.24, 2.45) is 0 Å². The first-order chi connectivity index (χ1) is 14.7. The molecule has 2 aromatic heterocycles. The van der Waals surface area contributed by atoms with Crippen LogP contribution in [0.15, 0.2) is 70.8 Å². The smallest absolute Gasteiger partial charge is 0.275 e. The zero-order valence-corrected chi connectivity index (χ0v) is 17.3. The summed E-state index contributed by atoms with van der Waals surface area (Å²) in [7, 11) is 1.63. The Labute approximate surface area is 177 Å². The van der Waals surface area contributed by atoms with Crippen molar-refractivity contribution in [2.45, 2.75) is 13.0 Å². The molecule has 6 nitrogen and oxygen atoms in total. The third-order valence-electron chi connectivity index (χ3n) is 4.81. The zero-order chi connectivity index (χ0) is 20.9. The van der Waals surface area contributed by atoms with E-state index < -0.39 is 0 Å². The summed E-state index contributed by atoms with van der Waals surface area (Å²) in [5.41, 5.74) is 1.54. The number of hydrogen-bond donors (Lipinski definition) is 1. The zero-order valence-electron chi connectivity index (χ0n) is 16.5. The first kappa shape index (κ1) is 19.8. The Morgan fingerprint density at radius 2 is 1.83 bits per heavy atom. The molecule has 0 fully saturated rings. The van der Waals surface area contributed by atoms with E-state index in [0.29, 0.717) is 24.0 Å². The molecule has 0 aliphatic heterocycles. The van der Waals surface area contributed by atoms with Crippen molar-refractivity contribution in [3.8, 4) is 16.3 Å². The molecule has 2 heterocycles. The van der Waals surface area contributed by atoms with Crippen molar-refractivity contribution in [1.29, 1.82) is 0 Å². The van der Waals surface area contributed by atoms with Crippen LogP contribution < -0.4 is 15.6 Å². The van der Waals surface area contributed by atoms with Crippen molar-refractivity contribution in [1.82, 2.24) is 15.1 Å². The van der Waals surface area contributed by atoms with E-state index in [4.69, 9.17) is 4.74 Å². The molecule has 0 unspecified atom stereocenters. The Hall–Kier alpha value is -3.45. The molecule has 152 valence electrons. The summed E-state index contributed by atoms with van der Waals surface area (Å²) in [4.78, 5) is 26.3. The van der Waals surface area contributed by atoms with E-state index in [-0.39, 0.29) is 18.0 Å². The number of amides is 1. The average molecular weight is 420 g/mol. The highest BCUT2D eigenvalue weighted by Crippen LogP contribution is 2.28. The number of methoxy groups -OCH3 is 1. The molecule has 0 saturated heterocycles. The van der Waals surface area contributed by atoms with Crippen molar-refractivity contribution in [3.05, 3.63) is 82.0 Å². The van der Waals surface area contributed by atoms with Crippen molar-refractivity contribution in [2.75, 3.05) is 13.7 Å². The first-order valence-corrected chi connectivity index (χ1v) is 10.5. The fourth-order valence-electron chi connectivity index (χ4n) is 3.27. The molecule has 0 saturated carbocycles. The van der Waals surface area contributed by atoms with Crippen LogP contribution in [0.2, 0.25) is 0 Å². The van der Waals surface area contributed by atoms with Crippen LogP contribution in [0.1, 0.15) is 5.56 Å². The number of fused-ring (bicyclic) bond motifs is 1. The molecule has 2 aromatic carbocycles. The summed E-state index contributed by atoms with van der Waals surface area (Å²) in [5.74, 6) is 0.552. The third-order valence-corrected chi connectivity index (χ3v) is 5.69. The summed E-state index contributed by atoms with van der Waals surface area (Å²) in [5, 5.41) is 10.7. The van der Waals surface area contributed by atoms with Crippen LogP contribution >= 0.6 is 11.3 Å². The number of rotatable bonds is 7. The number of carbonyl (C=O) groups excluding carboxylic acids is 1. The second kappa shape index (κ2) is 8.92. The molecule has 1 amide bonds. The number of ether oxygens (including phenoxy) is 1. The molecule has 0 aliphatic rings. The Morgan fingerprint density at radius 1 is 1.07 bits per heavy atom. The van der Waals surface area contributed by atoms with Crippen LogP contribution in [0.5, 0.6) is 5.75 Å². The van der Waals surface area contributed by atoms with Gasteiger partial charge in [0.2, 0.25) is 5.91 Å². The number of hydrogen-bond acceptors (Lipinski definition) is 5. The van der Waals surface area contributed by atoms with Gasteiger partial charge < -0.3 is 10.1 Å². The molecular weight excluding hydrogens is 398 g/mol. The molecule has 0 aliphatic carbocycles. The second-order valence-corrected chi connectivity index (χ2v) is 7.73. The summed E-state index contributed by atoms with van der Waals surface area (Å²) in [6.45, 7) is 0.357.